The van der Waals surface area contributed by atoms with E-state index in [0.29, 0.717) is 0 Å². The van der Waals surface area contributed by atoms with Crippen molar-refractivity contribution in [2.24, 2.45) is 5.41 Å². The molecule has 1 aromatic carbocycles. The molecule has 2 atom stereocenters. The van der Waals surface area contributed by atoms with Gasteiger partial charge in [-0.2, -0.15) is 0 Å². The maximum atomic E-state index is 12.6. The number of nitrogens with one attached hydrogen (secondary N) is 2. The summed E-state index contributed by atoms with van der Waals surface area (Å²) in [5.41, 5.74) is 3.70. The summed E-state index contributed by atoms with van der Waals surface area (Å²) in [5, 5.41) is 6.56. The SMILES string of the molecule is Cc1ccc(C(C)NC(=O)C2NCCCC2(C)C)c(C)c1. The molecule has 1 saturated heterocycles. The zero-order valence-electron chi connectivity index (χ0n) is 13.9. The molecule has 0 aliphatic carbocycles. The second-order valence-electron chi connectivity index (χ2n) is 7.07. The van der Waals surface area contributed by atoms with Crippen LogP contribution in [0.3, 0.4) is 0 Å². The Morgan fingerprint density at radius 2 is 2.10 bits per heavy atom. The Morgan fingerprint density at radius 3 is 2.71 bits per heavy atom. The van der Waals surface area contributed by atoms with E-state index in [1.807, 2.05) is 0 Å². The molecule has 0 aromatic heterocycles. The van der Waals surface area contributed by atoms with Crippen LogP contribution in [0, 0.1) is 19.3 Å². The van der Waals surface area contributed by atoms with Crippen molar-refractivity contribution in [2.45, 2.75) is 59.5 Å². The van der Waals surface area contributed by atoms with Crippen molar-refractivity contribution >= 4 is 5.91 Å². The number of hydrogen-bond acceptors (Lipinski definition) is 2. The Morgan fingerprint density at radius 1 is 1.38 bits per heavy atom. The molecule has 116 valence electrons. The largest absolute Gasteiger partial charge is 0.348 e. The summed E-state index contributed by atoms with van der Waals surface area (Å²) in [6.45, 7) is 11.5. The number of amides is 1. The number of piperidine rings is 1. The first-order valence-corrected chi connectivity index (χ1v) is 7.92. The second kappa shape index (κ2) is 6.18. The summed E-state index contributed by atoms with van der Waals surface area (Å²) in [6, 6.07) is 6.33. The minimum atomic E-state index is -0.0977. The fourth-order valence-corrected chi connectivity index (χ4v) is 3.34. The smallest absolute Gasteiger partial charge is 0.238 e. The number of aryl methyl sites for hydroxylation is 2. The highest BCUT2D eigenvalue weighted by molar-refractivity contribution is 5.83. The molecule has 1 aliphatic rings. The maximum absolute atomic E-state index is 12.6. The highest BCUT2D eigenvalue weighted by Gasteiger charge is 2.37. The average Bonchev–Trinajstić information content (AvgIpc) is 2.37. The Hall–Kier alpha value is -1.35. The van der Waals surface area contributed by atoms with Gasteiger partial charge in [0.25, 0.3) is 0 Å². The van der Waals surface area contributed by atoms with Crippen molar-refractivity contribution in [3.05, 3.63) is 34.9 Å². The van der Waals surface area contributed by atoms with Gasteiger partial charge in [-0.05, 0) is 56.7 Å². The highest BCUT2D eigenvalue weighted by Crippen LogP contribution is 2.30. The molecule has 1 aliphatic heterocycles. The topological polar surface area (TPSA) is 41.1 Å². The van der Waals surface area contributed by atoms with E-state index in [4.69, 9.17) is 0 Å². The van der Waals surface area contributed by atoms with E-state index < -0.39 is 0 Å². The molecular formula is C18H28N2O. The molecule has 1 heterocycles. The van der Waals surface area contributed by atoms with Crippen LogP contribution in [0.5, 0.6) is 0 Å². The Kier molecular flexibility index (Phi) is 4.72. The number of benzene rings is 1. The van der Waals surface area contributed by atoms with Gasteiger partial charge in [-0.25, -0.2) is 0 Å². The van der Waals surface area contributed by atoms with Crippen molar-refractivity contribution in [1.82, 2.24) is 10.6 Å². The quantitative estimate of drug-likeness (QED) is 0.896. The molecule has 0 spiro atoms. The molecule has 1 aromatic rings. The van der Waals surface area contributed by atoms with E-state index >= 15 is 0 Å². The van der Waals surface area contributed by atoms with Crippen molar-refractivity contribution in [2.75, 3.05) is 6.54 Å². The van der Waals surface area contributed by atoms with Gasteiger partial charge in [-0.15, -0.1) is 0 Å². The summed E-state index contributed by atoms with van der Waals surface area (Å²) in [4.78, 5) is 12.6. The van der Waals surface area contributed by atoms with E-state index in [9.17, 15) is 4.79 Å². The predicted octanol–water partition coefficient (Wildman–Crippen LogP) is 3.26. The molecule has 1 fully saturated rings. The lowest BCUT2D eigenvalue weighted by Crippen LogP contribution is -2.55. The third-order valence-corrected chi connectivity index (χ3v) is 4.64. The summed E-state index contributed by atoms with van der Waals surface area (Å²) >= 11 is 0. The van der Waals surface area contributed by atoms with E-state index in [1.165, 1.54) is 16.7 Å². The van der Waals surface area contributed by atoms with Gasteiger partial charge in [0, 0.05) is 0 Å². The molecule has 21 heavy (non-hydrogen) atoms. The first-order chi connectivity index (χ1) is 9.81. The van der Waals surface area contributed by atoms with Crippen LogP contribution in [-0.4, -0.2) is 18.5 Å². The third-order valence-electron chi connectivity index (χ3n) is 4.64. The molecular weight excluding hydrogens is 260 g/mol. The molecule has 2 rings (SSSR count). The zero-order chi connectivity index (χ0) is 15.6. The monoisotopic (exact) mass is 288 g/mol. The summed E-state index contributed by atoms with van der Waals surface area (Å²) in [7, 11) is 0. The van der Waals surface area contributed by atoms with Gasteiger partial charge in [0.05, 0.1) is 12.1 Å². The molecule has 3 nitrogen and oxygen atoms in total. The molecule has 2 N–H and O–H groups in total. The molecule has 0 saturated carbocycles. The fourth-order valence-electron chi connectivity index (χ4n) is 3.34. The lowest BCUT2D eigenvalue weighted by molar-refractivity contribution is -0.127. The highest BCUT2D eigenvalue weighted by atomic mass is 16.2. The first kappa shape index (κ1) is 16.0. The fraction of sp³-hybridized carbons (Fsp3) is 0.611. The molecule has 0 radical (unpaired) electrons. The van der Waals surface area contributed by atoms with Crippen molar-refractivity contribution in [3.63, 3.8) is 0 Å². The van der Waals surface area contributed by atoms with Gasteiger partial charge < -0.3 is 10.6 Å². The lowest BCUT2D eigenvalue weighted by Gasteiger charge is -2.38. The zero-order valence-corrected chi connectivity index (χ0v) is 13.9. The van der Waals surface area contributed by atoms with Gasteiger partial charge in [-0.1, -0.05) is 37.6 Å². The minimum Gasteiger partial charge on any atom is -0.348 e. The molecule has 0 bridgehead atoms. The minimum absolute atomic E-state index is 0.0182. The number of hydrogen-bond donors (Lipinski definition) is 2. The van der Waals surface area contributed by atoms with Crippen molar-refractivity contribution < 1.29 is 4.79 Å². The maximum Gasteiger partial charge on any atom is 0.238 e. The van der Waals surface area contributed by atoms with Gasteiger partial charge in [0.1, 0.15) is 0 Å². The summed E-state index contributed by atoms with van der Waals surface area (Å²) in [6.07, 6.45) is 2.24. The van der Waals surface area contributed by atoms with Gasteiger partial charge in [-0.3, -0.25) is 4.79 Å². The summed E-state index contributed by atoms with van der Waals surface area (Å²) in [5.74, 6) is 0.118. The Balaban J connectivity index is 2.08. The van der Waals surface area contributed by atoms with E-state index in [-0.39, 0.29) is 23.4 Å². The van der Waals surface area contributed by atoms with Crippen LogP contribution < -0.4 is 10.6 Å². The lowest BCUT2D eigenvalue weighted by atomic mass is 9.77. The first-order valence-electron chi connectivity index (χ1n) is 7.92. The van der Waals surface area contributed by atoms with Crippen LogP contribution in [-0.2, 0) is 4.79 Å². The van der Waals surface area contributed by atoms with Gasteiger partial charge >= 0.3 is 0 Å². The van der Waals surface area contributed by atoms with Crippen LogP contribution >= 0.6 is 0 Å². The standard InChI is InChI=1S/C18H28N2O/c1-12-7-8-15(13(2)11-12)14(3)20-17(21)16-18(4,5)9-6-10-19-16/h7-8,11,14,16,19H,6,9-10H2,1-5H3,(H,20,21). The van der Waals surface area contributed by atoms with Gasteiger partial charge in [0.15, 0.2) is 0 Å². The third kappa shape index (κ3) is 3.65. The Bertz CT molecular complexity index is 522. The molecule has 1 amide bonds. The van der Waals surface area contributed by atoms with E-state index in [1.54, 1.807) is 0 Å². The normalized spacial score (nSPS) is 22.6. The molecule has 2 unspecified atom stereocenters. The second-order valence-corrected chi connectivity index (χ2v) is 7.07. The number of carbonyl (C=O) groups excluding carboxylic acids is 1. The summed E-state index contributed by atoms with van der Waals surface area (Å²) < 4.78 is 0. The van der Waals surface area contributed by atoms with E-state index in [0.717, 1.165) is 19.4 Å². The van der Waals surface area contributed by atoms with E-state index in [2.05, 4.69) is 63.5 Å². The van der Waals surface area contributed by atoms with Crippen LogP contribution in [0.1, 0.15) is 56.3 Å². The van der Waals surface area contributed by atoms with Crippen molar-refractivity contribution in [3.8, 4) is 0 Å². The predicted molar refractivity (Wildman–Crippen MR) is 87.3 cm³/mol. The van der Waals surface area contributed by atoms with Crippen LogP contribution in [0.4, 0.5) is 0 Å². The average molecular weight is 288 g/mol. The molecule has 3 heteroatoms. The van der Waals surface area contributed by atoms with Crippen LogP contribution in [0.2, 0.25) is 0 Å². The number of rotatable bonds is 3. The van der Waals surface area contributed by atoms with Gasteiger partial charge in [0.2, 0.25) is 5.91 Å². The number of carbonyl (C=O) groups is 1. The van der Waals surface area contributed by atoms with Crippen LogP contribution in [0.15, 0.2) is 18.2 Å². The van der Waals surface area contributed by atoms with Crippen molar-refractivity contribution in [1.29, 1.82) is 0 Å². The Labute approximate surface area is 128 Å². The van der Waals surface area contributed by atoms with Crippen LogP contribution in [0.25, 0.3) is 0 Å².